The van der Waals surface area contributed by atoms with Crippen molar-refractivity contribution in [2.45, 2.75) is 31.7 Å². The molecule has 0 saturated heterocycles. The molecule has 3 aromatic rings. The Balaban J connectivity index is 1.44. The third-order valence-corrected chi connectivity index (χ3v) is 5.99. The van der Waals surface area contributed by atoms with Crippen LogP contribution >= 0.6 is 0 Å². The normalized spacial score (nSPS) is 20.6. The first-order valence-corrected chi connectivity index (χ1v) is 9.96. The van der Waals surface area contributed by atoms with Crippen molar-refractivity contribution in [2.24, 2.45) is 5.92 Å². The second kappa shape index (κ2) is 7.12. The lowest BCUT2D eigenvalue weighted by molar-refractivity contribution is -0.122. The molecule has 1 fully saturated rings. The number of hydrogen-bond donors (Lipinski definition) is 1. The molecule has 2 heterocycles. The van der Waals surface area contributed by atoms with E-state index in [1.807, 2.05) is 47.4 Å². The lowest BCUT2D eigenvalue weighted by atomic mass is 9.96. The smallest absolute Gasteiger partial charge is 0.230 e. The van der Waals surface area contributed by atoms with Crippen molar-refractivity contribution < 1.29 is 4.79 Å². The molecule has 28 heavy (non-hydrogen) atoms. The molecular formula is C24H23N3O. The van der Waals surface area contributed by atoms with Gasteiger partial charge in [0.1, 0.15) is 5.82 Å². The summed E-state index contributed by atoms with van der Waals surface area (Å²) in [6.07, 6.45) is 4.74. The van der Waals surface area contributed by atoms with Crippen molar-refractivity contribution in [2.75, 3.05) is 10.2 Å². The molecule has 2 atom stereocenters. The maximum Gasteiger partial charge on any atom is 0.230 e. The Labute approximate surface area is 165 Å². The van der Waals surface area contributed by atoms with Crippen molar-refractivity contribution in [3.8, 4) is 0 Å². The fourth-order valence-electron chi connectivity index (χ4n) is 4.53. The van der Waals surface area contributed by atoms with Gasteiger partial charge in [-0.05, 0) is 48.9 Å². The highest BCUT2D eigenvalue weighted by Crippen LogP contribution is 2.42. The van der Waals surface area contributed by atoms with E-state index in [9.17, 15) is 4.79 Å². The van der Waals surface area contributed by atoms with E-state index in [2.05, 4.69) is 34.6 Å². The highest BCUT2D eigenvalue weighted by Gasteiger charge is 2.35. The van der Waals surface area contributed by atoms with Crippen LogP contribution in [0.5, 0.6) is 0 Å². The molecule has 1 amide bonds. The number of amides is 1. The first-order chi connectivity index (χ1) is 13.8. The number of pyridine rings is 1. The van der Waals surface area contributed by atoms with Gasteiger partial charge in [0.15, 0.2) is 0 Å². The number of fused-ring (bicyclic) bond motifs is 2. The third-order valence-electron chi connectivity index (χ3n) is 5.99. The lowest BCUT2D eigenvalue weighted by Gasteiger charge is -2.26. The van der Waals surface area contributed by atoms with E-state index in [0.717, 1.165) is 42.0 Å². The summed E-state index contributed by atoms with van der Waals surface area (Å²) in [6.45, 7) is 0.554. The van der Waals surface area contributed by atoms with Crippen LogP contribution in [0, 0.1) is 5.92 Å². The quantitative estimate of drug-likeness (QED) is 0.670. The summed E-state index contributed by atoms with van der Waals surface area (Å²) < 4.78 is 0. The second-order valence-electron chi connectivity index (χ2n) is 7.70. The number of anilines is 3. The molecule has 140 valence electrons. The summed E-state index contributed by atoms with van der Waals surface area (Å²) in [5.41, 5.74) is 4.27. The second-order valence-corrected chi connectivity index (χ2v) is 7.70. The molecule has 4 heteroatoms. The Morgan fingerprint density at radius 1 is 0.964 bits per heavy atom. The number of nitrogens with zero attached hydrogens (tertiary/aromatic N) is 2. The number of carbonyl (C=O) groups excluding carboxylic acids is 1. The number of carbonyl (C=O) groups is 1. The maximum atomic E-state index is 13.6. The van der Waals surface area contributed by atoms with Crippen LogP contribution < -0.4 is 10.2 Å². The largest absolute Gasteiger partial charge is 0.338 e. The molecule has 2 unspecified atom stereocenters. The molecule has 1 aliphatic carbocycles. The van der Waals surface area contributed by atoms with Gasteiger partial charge in [-0.15, -0.1) is 0 Å². The van der Waals surface area contributed by atoms with Crippen LogP contribution in [0.15, 0.2) is 72.9 Å². The zero-order chi connectivity index (χ0) is 18.9. The molecule has 1 saturated carbocycles. The highest BCUT2D eigenvalue weighted by atomic mass is 16.2. The zero-order valence-corrected chi connectivity index (χ0v) is 15.7. The van der Waals surface area contributed by atoms with Crippen LogP contribution in [0.2, 0.25) is 0 Å². The maximum absolute atomic E-state index is 13.6. The molecule has 5 rings (SSSR count). The highest BCUT2D eigenvalue weighted by molar-refractivity contribution is 5.99. The van der Waals surface area contributed by atoms with E-state index in [1.54, 1.807) is 6.20 Å². The Morgan fingerprint density at radius 3 is 2.68 bits per heavy atom. The standard InChI is InChI=1S/C24H23N3O/c28-24(19-13-12-18(15-19)17-7-2-1-3-8-17)27-16-20-9-6-14-25-23(20)26-21-10-4-5-11-22(21)27/h1-11,14,18-19H,12-13,15-16H2,(H,25,26). The van der Waals surface area contributed by atoms with Crippen molar-refractivity contribution in [1.82, 2.24) is 4.98 Å². The average Bonchev–Trinajstić information content (AvgIpc) is 3.17. The molecule has 4 nitrogen and oxygen atoms in total. The minimum atomic E-state index is 0.0662. The predicted octanol–water partition coefficient (Wildman–Crippen LogP) is 5.26. The Bertz CT molecular complexity index is 1000. The summed E-state index contributed by atoms with van der Waals surface area (Å²) in [4.78, 5) is 20.0. The van der Waals surface area contributed by atoms with Crippen LogP contribution in [-0.2, 0) is 11.3 Å². The molecule has 2 aliphatic rings. The van der Waals surface area contributed by atoms with Crippen molar-refractivity contribution in [3.05, 3.63) is 84.1 Å². The van der Waals surface area contributed by atoms with Crippen LogP contribution in [0.3, 0.4) is 0 Å². The van der Waals surface area contributed by atoms with Gasteiger partial charge in [0.05, 0.1) is 17.9 Å². The molecule has 0 radical (unpaired) electrons. The van der Waals surface area contributed by atoms with Gasteiger partial charge in [-0.25, -0.2) is 4.98 Å². The third kappa shape index (κ3) is 3.05. The fourth-order valence-corrected chi connectivity index (χ4v) is 4.53. The minimum absolute atomic E-state index is 0.0662. The first-order valence-electron chi connectivity index (χ1n) is 9.96. The van der Waals surface area contributed by atoms with E-state index in [4.69, 9.17) is 0 Å². The van der Waals surface area contributed by atoms with E-state index in [0.29, 0.717) is 12.5 Å². The first kappa shape index (κ1) is 17.0. The Kier molecular flexibility index (Phi) is 4.32. The number of benzene rings is 2. The zero-order valence-electron chi connectivity index (χ0n) is 15.7. The number of hydrogen-bond acceptors (Lipinski definition) is 3. The lowest BCUT2D eigenvalue weighted by Crippen LogP contribution is -2.34. The van der Waals surface area contributed by atoms with Gasteiger partial charge in [0, 0.05) is 17.7 Å². The van der Waals surface area contributed by atoms with Gasteiger partial charge in [-0.2, -0.15) is 0 Å². The molecule has 0 spiro atoms. The number of nitrogens with one attached hydrogen (secondary N) is 1. The Morgan fingerprint density at radius 2 is 1.79 bits per heavy atom. The van der Waals surface area contributed by atoms with Crippen LogP contribution in [-0.4, -0.2) is 10.9 Å². The van der Waals surface area contributed by atoms with Crippen LogP contribution in [0.25, 0.3) is 0 Å². The van der Waals surface area contributed by atoms with Gasteiger partial charge in [-0.3, -0.25) is 4.79 Å². The monoisotopic (exact) mass is 369 g/mol. The van der Waals surface area contributed by atoms with Gasteiger partial charge < -0.3 is 10.2 Å². The molecule has 2 aromatic carbocycles. The topological polar surface area (TPSA) is 45.2 Å². The van der Waals surface area contributed by atoms with Crippen LogP contribution in [0.1, 0.15) is 36.3 Å². The molecular weight excluding hydrogens is 346 g/mol. The predicted molar refractivity (Wildman–Crippen MR) is 112 cm³/mol. The van der Waals surface area contributed by atoms with E-state index in [-0.39, 0.29) is 11.8 Å². The average molecular weight is 369 g/mol. The van der Waals surface area contributed by atoms with E-state index < -0.39 is 0 Å². The van der Waals surface area contributed by atoms with Crippen molar-refractivity contribution in [3.63, 3.8) is 0 Å². The number of rotatable bonds is 2. The molecule has 1 N–H and O–H groups in total. The van der Waals surface area contributed by atoms with Gasteiger partial charge >= 0.3 is 0 Å². The van der Waals surface area contributed by atoms with Gasteiger partial charge in [0.25, 0.3) is 0 Å². The van der Waals surface area contributed by atoms with Crippen molar-refractivity contribution in [1.29, 1.82) is 0 Å². The van der Waals surface area contributed by atoms with E-state index >= 15 is 0 Å². The summed E-state index contributed by atoms with van der Waals surface area (Å²) >= 11 is 0. The number of para-hydroxylation sites is 2. The summed E-state index contributed by atoms with van der Waals surface area (Å²) in [6, 6.07) is 22.6. The number of aromatic nitrogens is 1. The fraction of sp³-hybridized carbons (Fsp3) is 0.250. The minimum Gasteiger partial charge on any atom is -0.338 e. The molecule has 0 bridgehead atoms. The SMILES string of the molecule is O=C(C1CCC(c2ccccc2)C1)N1Cc2cccnc2Nc2ccccc21. The van der Waals surface area contributed by atoms with E-state index in [1.165, 1.54) is 5.56 Å². The van der Waals surface area contributed by atoms with Crippen LogP contribution in [0.4, 0.5) is 17.2 Å². The Hall–Kier alpha value is -3.14. The molecule has 1 aromatic heterocycles. The van der Waals surface area contributed by atoms with Gasteiger partial charge in [-0.1, -0.05) is 48.5 Å². The van der Waals surface area contributed by atoms with Gasteiger partial charge in [0.2, 0.25) is 5.91 Å². The van der Waals surface area contributed by atoms with Crippen molar-refractivity contribution >= 4 is 23.1 Å². The summed E-state index contributed by atoms with van der Waals surface area (Å²) in [7, 11) is 0. The summed E-state index contributed by atoms with van der Waals surface area (Å²) in [5, 5.41) is 3.41. The summed E-state index contributed by atoms with van der Waals surface area (Å²) in [5.74, 6) is 1.60. The molecule has 1 aliphatic heterocycles.